The molecule has 1 nitrogen and oxygen atoms in total. The van der Waals surface area contributed by atoms with Crippen LogP contribution in [0.25, 0.3) is 6.08 Å². The molecule has 0 saturated heterocycles. The SMILES string of the molecule is C=C(/C=C/c1ccccc1)CO. The third kappa shape index (κ3) is 2.72. The van der Waals surface area contributed by atoms with E-state index >= 15 is 0 Å². The number of hydrogen-bond donors (Lipinski definition) is 1. The van der Waals surface area contributed by atoms with Gasteiger partial charge in [-0.3, -0.25) is 0 Å². The number of aliphatic hydroxyl groups is 1. The van der Waals surface area contributed by atoms with Gasteiger partial charge in [0.15, 0.2) is 0 Å². The van der Waals surface area contributed by atoms with Crippen molar-refractivity contribution in [2.75, 3.05) is 6.61 Å². The average Bonchev–Trinajstić information content (AvgIpc) is 2.16. The summed E-state index contributed by atoms with van der Waals surface area (Å²) < 4.78 is 0. The molecular formula is C11H12O. The lowest BCUT2D eigenvalue weighted by Crippen LogP contribution is -1.81. The average molecular weight is 160 g/mol. The predicted octanol–water partition coefficient (Wildman–Crippen LogP) is 2.25. The van der Waals surface area contributed by atoms with Gasteiger partial charge in [-0.1, -0.05) is 49.1 Å². The zero-order valence-corrected chi connectivity index (χ0v) is 6.90. The molecule has 12 heavy (non-hydrogen) atoms. The van der Waals surface area contributed by atoms with Gasteiger partial charge in [-0.2, -0.15) is 0 Å². The normalized spacial score (nSPS) is 10.4. The first-order valence-electron chi connectivity index (χ1n) is 3.84. The monoisotopic (exact) mass is 160 g/mol. The molecular weight excluding hydrogens is 148 g/mol. The highest BCUT2D eigenvalue weighted by molar-refractivity contribution is 5.52. The van der Waals surface area contributed by atoms with Gasteiger partial charge in [0, 0.05) is 0 Å². The minimum atomic E-state index is 0.0172. The quantitative estimate of drug-likeness (QED) is 0.672. The summed E-state index contributed by atoms with van der Waals surface area (Å²) in [5, 5.41) is 8.66. The van der Waals surface area contributed by atoms with Crippen LogP contribution < -0.4 is 0 Å². The number of benzene rings is 1. The summed E-state index contributed by atoms with van der Waals surface area (Å²) >= 11 is 0. The highest BCUT2D eigenvalue weighted by atomic mass is 16.3. The fourth-order valence-electron chi connectivity index (χ4n) is 0.831. The first-order valence-corrected chi connectivity index (χ1v) is 3.84. The molecule has 1 rings (SSSR count). The fourth-order valence-corrected chi connectivity index (χ4v) is 0.831. The smallest absolute Gasteiger partial charge is 0.0676 e. The number of aliphatic hydroxyl groups excluding tert-OH is 1. The summed E-state index contributed by atoms with van der Waals surface area (Å²) in [5.41, 5.74) is 1.84. The number of rotatable bonds is 3. The van der Waals surface area contributed by atoms with Crippen molar-refractivity contribution in [2.45, 2.75) is 0 Å². The van der Waals surface area contributed by atoms with Crippen molar-refractivity contribution in [3.8, 4) is 0 Å². The van der Waals surface area contributed by atoms with Crippen LogP contribution in [0.1, 0.15) is 5.56 Å². The first kappa shape index (κ1) is 8.75. The Balaban J connectivity index is 2.64. The van der Waals surface area contributed by atoms with E-state index in [0.717, 1.165) is 11.1 Å². The van der Waals surface area contributed by atoms with E-state index in [2.05, 4.69) is 6.58 Å². The van der Waals surface area contributed by atoms with Crippen LogP contribution >= 0.6 is 0 Å². The third-order valence-corrected chi connectivity index (χ3v) is 1.51. The predicted molar refractivity (Wildman–Crippen MR) is 51.7 cm³/mol. The Morgan fingerprint density at radius 1 is 1.33 bits per heavy atom. The van der Waals surface area contributed by atoms with Crippen LogP contribution in [-0.4, -0.2) is 11.7 Å². The maximum atomic E-state index is 8.66. The molecule has 0 heterocycles. The largest absolute Gasteiger partial charge is 0.392 e. The Morgan fingerprint density at radius 3 is 2.58 bits per heavy atom. The summed E-state index contributed by atoms with van der Waals surface area (Å²) in [6.07, 6.45) is 3.74. The minimum absolute atomic E-state index is 0.0172. The molecule has 0 spiro atoms. The van der Waals surface area contributed by atoms with Crippen LogP contribution in [0.15, 0.2) is 48.6 Å². The van der Waals surface area contributed by atoms with Gasteiger partial charge in [-0.15, -0.1) is 0 Å². The molecule has 0 atom stereocenters. The van der Waals surface area contributed by atoms with Crippen molar-refractivity contribution in [3.63, 3.8) is 0 Å². The van der Waals surface area contributed by atoms with Crippen LogP contribution in [0.3, 0.4) is 0 Å². The van der Waals surface area contributed by atoms with Crippen LogP contribution in [0.5, 0.6) is 0 Å². The van der Waals surface area contributed by atoms with E-state index in [1.165, 1.54) is 0 Å². The Labute approximate surface area is 72.7 Å². The molecule has 0 bridgehead atoms. The van der Waals surface area contributed by atoms with E-state index in [0.29, 0.717) is 0 Å². The number of hydrogen-bond acceptors (Lipinski definition) is 1. The van der Waals surface area contributed by atoms with Gasteiger partial charge in [-0.25, -0.2) is 0 Å². The lowest BCUT2D eigenvalue weighted by atomic mass is 10.2. The fraction of sp³-hybridized carbons (Fsp3) is 0.0909. The molecule has 0 unspecified atom stereocenters. The molecule has 0 radical (unpaired) electrons. The van der Waals surface area contributed by atoms with Crippen molar-refractivity contribution >= 4 is 6.08 Å². The van der Waals surface area contributed by atoms with Crippen LogP contribution in [0.4, 0.5) is 0 Å². The maximum absolute atomic E-state index is 8.66. The van der Waals surface area contributed by atoms with Gasteiger partial charge >= 0.3 is 0 Å². The van der Waals surface area contributed by atoms with E-state index in [-0.39, 0.29) is 6.61 Å². The molecule has 1 heteroatoms. The van der Waals surface area contributed by atoms with E-state index in [9.17, 15) is 0 Å². The molecule has 1 aromatic rings. The Morgan fingerprint density at radius 2 is 2.00 bits per heavy atom. The molecule has 0 aliphatic rings. The van der Waals surface area contributed by atoms with Gasteiger partial charge < -0.3 is 5.11 Å². The Kier molecular flexibility index (Phi) is 3.30. The summed E-state index contributed by atoms with van der Waals surface area (Å²) in [6.45, 7) is 3.67. The first-order chi connectivity index (χ1) is 5.83. The van der Waals surface area contributed by atoms with Crippen molar-refractivity contribution in [1.29, 1.82) is 0 Å². The highest BCUT2D eigenvalue weighted by Crippen LogP contribution is 2.02. The van der Waals surface area contributed by atoms with Gasteiger partial charge in [0.1, 0.15) is 0 Å². The molecule has 0 aliphatic heterocycles. The zero-order chi connectivity index (χ0) is 8.81. The maximum Gasteiger partial charge on any atom is 0.0676 e. The summed E-state index contributed by atoms with van der Waals surface area (Å²) in [4.78, 5) is 0. The minimum Gasteiger partial charge on any atom is -0.392 e. The Bertz CT molecular complexity index is 272. The molecule has 0 aliphatic carbocycles. The van der Waals surface area contributed by atoms with Gasteiger partial charge in [0.05, 0.1) is 6.61 Å². The van der Waals surface area contributed by atoms with Crippen LogP contribution in [-0.2, 0) is 0 Å². The second kappa shape index (κ2) is 4.52. The molecule has 1 N–H and O–H groups in total. The van der Waals surface area contributed by atoms with E-state index in [1.807, 2.05) is 42.5 Å². The molecule has 0 aromatic heterocycles. The summed E-state index contributed by atoms with van der Waals surface area (Å²) in [7, 11) is 0. The molecule has 0 amide bonds. The summed E-state index contributed by atoms with van der Waals surface area (Å²) in [6, 6.07) is 9.92. The summed E-state index contributed by atoms with van der Waals surface area (Å²) in [5.74, 6) is 0. The highest BCUT2D eigenvalue weighted by Gasteiger charge is 1.84. The van der Waals surface area contributed by atoms with Crippen molar-refractivity contribution < 1.29 is 5.11 Å². The van der Waals surface area contributed by atoms with E-state index in [4.69, 9.17) is 5.11 Å². The zero-order valence-electron chi connectivity index (χ0n) is 6.90. The van der Waals surface area contributed by atoms with E-state index in [1.54, 1.807) is 0 Å². The second-order valence-electron chi connectivity index (χ2n) is 2.56. The van der Waals surface area contributed by atoms with Gasteiger partial charge in [0.2, 0.25) is 0 Å². The Hall–Kier alpha value is -1.34. The van der Waals surface area contributed by atoms with Crippen LogP contribution in [0, 0.1) is 0 Å². The topological polar surface area (TPSA) is 20.2 Å². The molecule has 62 valence electrons. The van der Waals surface area contributed by atoms with Crippen LogP contribution in [0.2, 0.25) is 0 Å². The second-order valence-corrected chi connectivity index (χ2v) is 2.56. The van der Waals surface area contributed by atoms with Crippen molar-refractivity contribution in [3.05, 3.63) is 54.1 Å². The molecule has 0 saturated carbocycles. The van der Waals surface area contributed by atoms with Crippen molar-refractivity contribution in [2.24, 2.45) is 0 Å². The lowest BCUT2D eigenvalue weighted by molar-refractivity contribution is 0.335. The van der Waals surface area contributed by atoms with Gasteiger partial charge in [-0.05, 0) is 11.1 Å². The third-order valence-electron chi connectivity index (χ3n) is 1.51. The van der Waals surface area contributed by atoms with E-state index < -0.39 is 0 Å². The van der Waals surface area contributed by atoms with Crippen molar-refractivity contribution in [1.82, 2.24) is 0 Å². The lowest BCUT2D eigenvalue weighted by Gasteiger charge is -1.92. The molecule has 1 aromatic carbocycles. The molecule has 0 fully saturated rings. The standard InChI is InChI=1S/C11H12O/c1-10(9-12)7-8-11-5-3-2-4-6-11/h2-8,12H,1,9H2/b8-7+. The van der Waals surface area contributed by atoms with Gasteiger partial charge in [0.25, 0.3) is 0 Å².